The number of nitrogens with zero attached hydrogens (tertiary/aromatic N) is 1. The van der Waals surface area contributed by atoms with E-state index in [0.29, 0.717) is 40.6 Å². The van der Waals surface area contributed by atoms with Gasteiger partial charge in [-0.25, -0.2) is 13.2 Å². The Kier molecular flexibility index (Phi) is 5.93. The predicted octanol–water partition coefficient (Wildman–Crippen LogP) is 4.58. The average molecular weight is 498 g/mol. The molecular weight excluding hydrogens is 478 g/mol. The zero-order valence-electron chi connectivity index (χ0n) is 17.9. The first-order chi connectivity index (χ1) is 16.4. The standard InChI is InChI=1S/C25H20ClNO6S/c26-21-13-18(14-23-25(21)33-16-32-23)15-31-24(28)10-7-17-5-8-20(9-6-17)34(29,30)27-12-11-19-3-1-2-4-22(19)27/h1-10,13-14H,11-12,15-16H2/b10-7+. The van der Waals surface area contributed by atoms with Crippen LogP contribution in [0, 0.1) is 0 Å². The molecule has 5 rings (SSSR count). The number of para-hydroxylation sites is 1. The van der Waals surface area contributed by atoms with E-state index in [-0.39, 0.29) is 18.3 Å². The fraction of sp³-hybridized carbons (Fsp3) is 0.160. The number of benzene rings is 3. The number of fused-ring (bicyclic) bond motifs is 2. The molecule has 9 heteroatoms. The van der Waals surface area contributed by atoms with Gasteiger partial charge in [-0.2, -0.15) is 0 Å². The maximum absolute atomic E-state index is 13.1. The molecule has 2 aliphatic heterocycles. The molecule has 7 nitrogen and oxygen atoms in total. The third-order valence-electron chi connectivity index (χ3n) is 5.59. The minimum atomic E-state index is -3.66. The van der Waals surface area contributed by atoms with E-state index in [4.69, 9.17) is 25.8 Å². The van der Waals surface area contributed by atoms with Crippen molar-refractivity contribution in [3.8, 4) is 11.5 Å². The van der Waals surface area contributed by atoms with Gasteiger partial charge in [0.25, 0.3) is 10.0 Å². The number of sulfonamides is 1. The normalized spacial score (nSPS) is 14.4. The number of carbonyl (C=O) groups excluding carboxylic acids is 1. The van der Waals surface area contributed by atoms with Gasteiger partial charge in [-0.15, -0.1) is 0 Å². The minimum absolute atomic E-state index is 0.0218. The van der Waals surface area contributed by atoms with Gasteiger partial charge in [0.2, 0.25) is 6.79 Å². The minimum Gasteiger partial charge on any atom is -0.458 e. The SMILES string of the molecule is O=C(/C=C/c1ccc(S(=O)(=O)N2CCc3ccccc32)cc1)OCc1cc(Cl)c2c(c1)OCO2. The monoisotopic (exact) mass is 497 g/mol. The molecule has 34 heavy (non-hydrogen) atoms. The second-order valence-corrected chi connectivity index (χ2v) is 10.0. The lowest BCUT2D eigenvalue weighted by molar-refractivity contribution is -0.138. The van der Waals surface area contributed by atoms with Crippen molar-refractivity contribution in [1.82, 2.24) is 0 Å². The van der Waals surface area contributed by atoms with E-state index in [9.17, 15) is 13.2 Å². The summed E-state index contributed by atoms with van der Waals surface area (Å²) in [4.78, 5) is 12.3. The predicted molar refractivity (Wildman–Crippen MR) is 128 cm³/mol. The Morgan fingerprint density at radius 3 is 2.71 bits per heavy atom. The summed E-state index contributed by atoms with van der Waals surface area (Å²) in [6, 6.07) is 17.2. The zero-order chi connectivity index (χ0) is 23.7. The van der Waals surface area contributed by atoms with Gasteiger partial charge in [0.05, 0.1) is 15.6 Å². The lowest BCUT2D eigenvalue weighted by Crippen LogP contribution is -2.29. The average Bonchev–Trinajstić information content (AvgIpc) is 3.49. The van der Waals surface area contributed by atoms with Crippen LogP contribution in [0.3, 0.4) is 0 Å². The van der Waals surface area contributed by atoms with Crippen LogP contribution < -0.4 is 13.8 Å². The Morgan fingerprint density at radius 1 is 1.09 bits per heavy atom. The molecule has 174 valence electrons. The van der Waals surface area contributed by atoms with Gasteiger partial charge >= 0.3 is 5.97 Å². The van der Waals surface area contributed by atoms with Gasteiger partial charge < -0.3 is 14.2 Å². The van der Waals surface area contributed by atoms with Crippen LogP contribution >= 0.6 is 11.6 Å². The molecule has 0 atom stereocenters. The Hall–Kier alpha value is -3.49. The highest BCUT2D eigenvalue weighted by molar-refractivity contribution is 7.92. The Balaban J connectivity index is 1.22. The van der Waals surface area contributed by atoms with Crippen LogP contribution in [0.15, 0.2) is 71.6 Å². The molecule has 0 amide bonds. The van der Waals surface area contributed by atoms with Crippen LogP contribution in [0.25, 0.3) is 6.08 Å². The highest BCUT2D eigenvalue weighted by Gasteiger charge is 2.30. The van der Waals surface area contributed by atoms with E-state index < -0.39 is 16.0 Å². The van der Waals surface area contributed by atoms with Crippen molar-refractivity contribution in [2.75, 3.05) is 17.6 Å². The van der Waals surface area contributed by atoms with Gasteiger partial charge in [-0.3, -0.25) is 4.31 Å². The largest absolute Gasteiger partial charge is 0.458 e. The Morgan fingerprint density at radius 2 is 1.88 bits per heavy atom. The maximum Gasteiger partial charge on any atom is 0.331 e. The van der Waals surface area contributed by atoms with E-state index in [0.717, 1.165) is 11.3 Å². The summed E-state index contributed by atoms with van der Waals surface area (Å²) in [7, 11) is -3.66. The molecule has 3 aromatic carbocycles. The molecule has 3 aromatic rings. The second kappa shape index (κ2) is 9.04. The summed E-state index contributed by atoms with van der Waals surface area (Å²) in [5, 5.41) is 0.393. The molecule has 2 heterocycles. The molecule has 0 saturated carbocycles. The Labute approximate surface area is 202 Å². The smallest absolute Gasteiger partial charge is 0.331 e. The lowest BCUT2D eigenvalue weighted by Gasteiger charge is -2.19. The zero-order valence-corrected chi connectivity index (χ0v) is 19.5. The van der Waals surface area contributed by atoms with Gasteiger partial charge in [0, 0.05) is 12.6 Å². The van der Waals surface area contributed by atoms with Crippen LogP contribution in [-0.2, 0) is 32.6 Å². The van der Waals surface area contributed by atoms with Crippen LogP contribution in [-0.4, -0.2) is 27.7 Å². The number of esters is 1. The van der Waals surface area contributed by atoms with Crippen molar-refractivity contribution >= 4 is 39.4 Å². The molecule has 0 spiro atoms. The summed E-state index contributed by atoms with van der Waals surface area (Å²) < 4.78 is 43.5. The third kappa shape index (κ3) is 4.34. The third-order valence-corrected chi connectivity index (χ3v) is 7.70. The summed E-state index contributed by atoms with van der Waals surface area (Å²) >= 11 is 6.14. The summed E-state index contributed by atoms with van der Waals surface area (Å²) in [5.74, 6) is 0.455. The number of hydrogen-bond acceptors (Lipinski definition) is 6. The van der Waals surface area contributed by atoms with Crippen molar-refractivity contribution in [3.63, 3.8) is 0 Å². The number of ether oxygens (including phenoxy) is 3. The second-order valence-electron chi connectivity index (χ2n) is 7.78. The number of rotatable bonds is 6. The summed E-state index contributed by atoms with van der Waals surface area (Å²) in [6.07, 6.45) is 3.54. The molecule has 0 N–H and O–H groups in total. The Bertz CT molecular complexity index is 1390. The lowest BCUT2D eigenvalue weighted by atomic mass is 10.2. The molecule has 2 aliphatic rings. The molecule has 0 aliphatic carbocycles. The quantitative estimate of drug-likeness (QED) is 0.366. The van der Waals surface area contributed by atoms with Gasteiger partial charge in [-0.1, -0.05) is 41.9 Å². The molecule has 0 bridgehead atoms. The first-order valence-electron chi connectivity index (χ1n) is 10.6. The fourth-order valence-corrected chi connectivity index (χ4v) is 5.70. The molecule has 0 fully saturated rings. The number of hydrogen-bond donors (Lipinski definition) is 0. The van der Waals surface area contributed by atoms with E-state index in [1.54, 1.807) is 30.3 Å². The van der Waals surface area contributed by atoms with Crippen molar-refractivity contribution in [2.24, 2.45) is 0 Å². The topological polar surface area (TPSA) is 82.1 Å². The summed E-state index contributed by atoms with van der Waals surface area (Å²) in [5.41, 5.74) is 3.09. The number of carbonyl (C=O) groups is 1. The molecule has 0 radical (unpaired) electrons. The number of halogens is 1. The van der Waals surface area contributed by atoms with E-state index in [1.165, 1.54) is 22.5 Å². The van der Waals surface area contributed by atoms with E-state index in [1.807, 2.05) is 24.3 Å². The first-order valence-corrected chi connectivity index (χ1v) is 12.4. The van der Waals surface area contributed by atoms with Crippen LogP contribution in [0.1, 0.15) is 16.7 Å². The van der Waals surface area contributed by atoms with Crippen LogP contribution in [0.2, 0.25) is 5.02 Å². The highest BCUT2D eigenvalue weighted by atomic mass is 35.5. The molecule has 0 unspecified atom stereocenters. The van der Waals surface area contributed by atoms with Gasteiger partial charge in [0.1, 0.15) is 6.61 Å². The summed E-state index contributed by atoms with van der Waals surface area (Å²) in [6.45, 7) is 0.546. The van der Waals surface area contributed by atoms with E-state index >= 15 is 0 Å². The van der Waals surface area contributed by atoms with Crippen molar-refractivity contribution in [2.45, 2.75) is 17.9 Å². The van der Waals surface area contributed by atoms with Crippen molar-refractivity contribution in [3.05, 3.63) is 88.5 Å². The van der Waals surface area contributed by atoms with Gasteiger partial charge in [0.15, 0.2) is 11.5 Å². The van der Waals surface area contributed by atoms with E-state index in [2.05, 4.69) is 0 Å². The molecular formula is C25H20ClNO6S. The molecule has 0 aromatic heterocycles. The fourth-order valence-electron chi connectivity index (χ4n) is 3.91. The van der Waals surface area contributed by atoms with Crippen molar-refractivity contribution < 1.29 is 27.4 Å². The van der Waals surface area contributed by atoms with Gasteiger partial charge in [-0.05, 0) is 59.5 Å². The number of anilines is 1. The molecule has 0 saturated heterocycles. The first kappa shape index (κ1) is 22.3. The highest BCUT2D eigenvalue weighted by Crippen LogP contribution is 2.40. The maximum atomic E-state index is 13.1. The van der Waals surface area contributed by atoms with Crippen LogP contribution in [0.5, 0.6) is 11.5 Å². The van der Waals surface area contributed by atoms with Crippen LogP contribution in [0.4, 0.5) is 5.69 Å². The van der Waals surface area contributed by atoms with Crippen molar-refractivity contribution in [1.29, 1.82) is 0 Å².